The zero-order chi connectivity index (χ0) is 35.5. The monoisotopic (exact) mass is 720 g/mol. The first-order chi connectivity index (χ1) is 23.1. The molecule has 0 radical (unpaired) electrons. The molecule has 3 aromatic rings. The van der Waals surface area contributed by atoms with Crippen LogP contribution in [0.1, 0.15) is 24.3 Å². The lowest BCUT2D eigenvalue weighted by molar-refractivity contribution is -0.125. The minimum absolute atomic E-state index is 0.00813. The summed E-state index contributed by atoms with van der Waals surface area (Å²) in [5, 5.41) is 29.7. The number of fused-ring (bicyclic) bond motifs is 4. The average molecular weight is 721 g/mol. The van der Waals surface area contributed by atoms with Gasteiger partial charge >= 0.3 is 7.12 Å². The molecule has 0 unspecified atom stereocenters. The molecule has 1 saturated carbocycles. The molecule has 252 valence electrons. The van der Waals surface area contributed by atoms with Gasteiger partial charge < -0.3 is 15.2 Å². The van der Waals surface area contributed by atoms with Gasteiger partial charge in [-0.3, -0.25) is 24.1 Å². The number of aromatic hydroxyl groups is 1. The summed E-state index contributed by atoms with van der Waals surface area (Å²) in [5.41, 5.74) is -1.65. The maximum atomic E-state index is 15.1. The van der Waals surface area contributed by atoms with E-state index >= 15 is 8.78 Å². The maximum Gasteiger partial charge on any atom is 0.488 e. The zero-order valence-corrected chi connectivity index (χ0v) is 26.0. The lowest BCUT2D eigenvalue weighted by atomic mass is 9.56. The Hall–Kier alpha value is -4.31. The van der Waals surface area contributed by atoms with Crippen LogP contribution in [-0.4, -0.2) is 55.7 Å². The number of halogens is 7. The van der Waals surface area contributed by atoms with Crippen molar-refractivity contribution in [3.05, 3.63) is 94.8 Å². The molecule has 4 amide bonds. The summed E-state index contributed by atoms with van der Waals surface area (Å²) in [5.74, 6) is -22.4. The maximum absolute atomic E-state index is 15.1. The van der Waals surface area contributed by atoms with Gasteiger partial charge in [-0.05, 0) is 54.1 Å². The molecule has 0 aromatic heterocycles. The lowest BCUT2D eigenvalue weighted by Crippen LogP contribution is -2.60. The Morgan fingerprint density at radius 1 is 0.776 bits per heavy atom. The van der Waals surface area contributed by atoms with Crippen LogP contribution in [0.2, 0.25) is 0 Å². The van der Waals surface area contributed by atoms with Crippen LogP contribution in [0.3, 0.4) is 0 Å². The molecule has 4 aliphatic rings. The van der Waals surface area contributed by atoms with Gasteiger partial charge in [-0.2, -0.15) is 0 Å². The zero-order valence-electron chi connectivity index (χ0n) is 24.5. The van der Waals surface area contributed by atoms with Gasteiger partial charge in [-0.15, -0.1) is 23.2 Å². The van der Waals surface area contributed by atoms with Gasteiger partial charge in [0.2, 0.25) is 17.6 Å². The van der Waals surface area contributed by atoms with Gasteiger partial charge in [0.1, 0.15) is 11.4 Å². The molecular formula is C32H20BCl2F5N2O7. The Labute approximate surface area is 283 Å². The van der Waals surface area contributed by atoms with E-state index in [2.05, 4.69) is 0 Å². The van der Waals surface area contributed by atoms with Crippen LogP contribution in [0.5, 0.6) is 5.75 Å². The third-order valence-corrected chi connectivity index (χ3v) is 11.3. The van der Waals surface area contributed by atoms with Gasteiger partial charge in [0.15, 0.2) is 33.0 Å². The van der Waals surface area contributed by atoms with E-state index < -0.39 is 105 Å². The van der Waals surface area contributed by atoms with E-state index in [1.807, 2.05) is 0 Å². The average Bonchev–Trinajstić information content (AvgIpc) is 3.41. The number of hydrogen-bond acceptors (Lipinski definition) is 7. The van der Waals surface area contributed by atoms with E-state index in [9.17, 15) is 47.5 Å². The number of carbonyl (C=O) groups excluding carboxylic acids is 4. The molecule has 3 fully saturated rings. The molecule has 17 heteroatoms. The van der Waals surface area contributed by atoms with Gasteiger partial charge in [0.05, 0.1) is 17.5 Å². The fraction of sp³-hybridized carbons (Fsp3) is 0.250. The van der Waals surface area contributed by atoms with Gasteiger partial charge in [0, 0.05) is 5.92 Å². The molecule has 0 bridgehead atoms. The normalized spacial score (nSPS) is 29.2. The van der Waals surface area contributed by atoms with Crippen molar-refractivity contribution < 1.29 is 56.3 Å². The number of nitrogens with zero attached hydrogens (tertiary/aromatic N) is 2. The van der Waals surface area contributed by atoms with Gasteiger partial charge in [0.25, 0.3) is 11.8 Å². The van der Waals surface area contributed by atoms with E-state index in [1.165, 1.54) is 54.6 Å². The van der Waals surface area contributed by atoms with E-state index in [0.29, 0.717) is 0 Å². The minimum atomic E-state index is -2.72. The van der Waals surface area contributed by atoms with Crippen molar-refractivity contribution >= 4 is 70.8 Å². The van der Waals surface area contributed by atoms with Crippen LogP contribution in [0, 0.1) is 46.8 Å². The van der Waals surface area contributed by atoms with Gasteiger partial charge in [-0.25, -0.2) is 26.9 Å². The minimum Gasteiger partial charge on any atom is -0.508 e. The smallest absolute Gasteiger partial charge is 0.488 e. The van der Waals surface area contributed by atoms with Crippen LogP contribution in [0.15, 0.2) is 60.2 Å². The van der Waals surface area contributed by atoms with Crippen molar-refractivity contribution in [2.24, 2.45) is 17.8 Å². The number of phenolic OH excluding ortho intramolecular Hbond substituents is 1. The Balaban J connectivity index is 1.41. The largest absolute Gasteiger partial charge is 0.508 e. The summed E-state index contributed by atoms with van der Waals surface area (Å²) in [6.07, 6.45) is 0.725. The number of hydrogen-bond donors (Lipinski definition) is 3. The van der Waals surface area contributed by atoms with Crippen molar-refractivity contribution in [3.63, 3.8) is 0 Å². The number of anilines is 2. The Morgan fingerprint density at radius 3 is 2.04 bits per heavy atom. The third-order valence-electron chi connectivity index (χ3n) is 9.85. The first-order valence-electron chi connectivity index (χ1n) is 14.7. The van der Waals surface area contributed by atoms with Crippen LogP contribution in [0.25, 0.3) is 0 Å². The first-order valence-corrected chi connectivity index (χ1v) is 15.4. The van der Waals surface area contributed by atoms with E-state index in [-0.39, 0.29) is 39.4 Å². The van der Waals surface area contributed by atoms with E-state index in [0.717, 1.165) is 4.90 Å². The van der Waals surface area contributed by atoms with Crippen molar-refractivity contribution in [3.8, 4) is 5.75 Å². The molecule has 6 atom stereocenters. The Bertz CT molecular complexity index is 2040. The summed E-state index contributed by atoms with van der Waals surface area (Å²) in [4.78, 5) is 51.5. The molecule has 3 N–H and O–H groups in total. The van der Waals surface area contributed by atoms with Crippen LogP contribution in [0.4, 0.5) is 33.3 Å². The topological polar surface area (TPSA) is 135 Å². The number of carbonyl (C=O) groups is 4. The molecule has 2 saturated heterocycles. The summed E-state index contributed by atoms with van der Waals surface area (Å²) in [6.45, 7) is 0. The number of rotatable bonds is 4. The number of alkyl halides is 2. The van der Waals surface area contributed by atoms with Crippen molar-refractivity contribution in [2.45, 2.75) is 28.5 Å². The highest BCUT2D eigenvalue weighted by Crippen LogP contribution is 2.66. The van der Waals surface area contributed by atoms with Gasteiger partial charge in [-0.1, -0.05) is 35.9 Å². The molecule has 2 aliphatic heterocycles. The van der Waals surface area contributed by atoms with Crippen LogP contribution in [-0.2, 0) is 19.2 Å². The molecular weight excluding hydrogens is 701 g/mol. The van der Waals surface area contributed by atoms with Crippen LogP contribution < -0.4 is 15.3 Å². The SMILES string of the molecule is O=C1[C@H]2[C@H](CC=C3[C@H]2C[C@@]2(Cl)C(=O)N(c4c(F)c(F)c(F)c(F)c4F)C(=O)[C@@]2(Cl)[C@H]3c2cccc(O)c2)C(=O)N1c1cccc(B(O)O)c1. The molecule has 3 aromatic carbocycles. The number of amides is 4. The number of allylic oxidation sites excluding steroid dienone is 2. The summed E-state index contributed by atoms with van der Waals surface area (Å²) in [6, 6.07) is 10.5. The predicted octanol–water partition coefficient (Wildman–Crippen LogP) is 3.54. The molecule has 0 spiro atoms. The van der Waals surface area contributed by atoms with Crippen molar-refractivity contribution in [1.82, 2.24) is 0 Å². The highest BCUT2D eigenvalue weighted by Gasteiger charge is 2.77. The summed E-state index contributed by atoms with van der Waals surface area (Å²) >= 11 is 14.1. The quantitative estimate of drug-likeness (QED) is 0.0714. The second-order valence-corrected chi connectivity index (χ2v) is 13.5. The predicted molar refractivity (Wildman–Crippen MR) is 163 cm³/mol. The fourth-order valence-corrected chi connectivity index (χ4v) is 8.66. The van der Waals surface area contributed by atoms with Crippen molar-refractivity contribution in [2.75, 3.05) is 9.80 Å². The molecule has 49 heavy (non-hydrogen) atoms. The Kier molecular flexibility index (Phi) is 7.52. The summed E-state index contributed by atoms with van der Waals surface area (Å²) < 4.78 is 72.9. The first kappa shape index (κ1) is 33.2. The standard InChI is InChI=1S/C32H20BCl2F5N2O7/c34-31-11-18-16(7-8-17-19(18)28(45)41(27(17)44)14-5-2-4-13(10-14)33(48)49)20(12-3-1-6-15(43)9-12)32(31,35)30(47)42(29(31)46)26-24(39)22(37)21(36)23(38)25(26)40/h1-7,9-10,17-20,43,48-49H,8,11H2/t17-,18+,19-,20-,31+,32-/m0/s1. The van der Waals surface area contributed by atoms with E-state index in [4.69, 9.17) is 23.2 Å². The fourth-order valence-electron chi connectivity index (χ4n) is 7.72. The third kappa shape index (κ3) is 4.31. The highest BCUT2D eigenvalue weighted by atomic mass is 35.5. The molecule has 7 rings (SSSR count). The van der Waals surface area contributed by atoms with Crippen LogP contribution >= 0.6 is 23.2 Å². The number of imide groups is 2. The second-order valence-electron chi connectivity index (χ2n) is 12.3. The lowest BCUT2D eigenvalue weighted by Gasteiger charge is -2.50. The molecule has 9 nitrogen and oxygen atoms in total. The summed E-state index contributed by atoms with van der Waals surface area (Å²) in [7, 11) is -1.93. The Morgan fingerprint density at radius 2 is 1.41 bits per heavy atom. The second kappa shape index (κ2) is 11.1. The highest BCUT2D eigenvalue weighted by molar-refractivity contribution is 6.59. The molecule has 2 aliphatic carbocycles. The molecule has 2 heterocycles. The van der Waals surface area contributed by atoms with Crippen molar-refractivity contribution in [1.29, 1.82) is 0 Å². The van der Waals surface area contributed by atoms with E-state index in [1.54, 1.807) is 0 Å². The number of benzene rings is 3. The number of phenols is 1.